The Morgan fingerprint density at radius 1 is 1.38 bits per heavy atom. The number of aromatic amines is 1. The quantitative estimate of drug-likeness (QED) is 0.905. The average Bonchev–Trinajstić information content (AvgIpc) is 3.06. The highest BCUT2D eigenvalue weighted by Crippen LogP contribution is 2.26. The Labute approximate surface area is 126 Å². The number of ether oxygens (including phenoxy) is 1. The zero-order chi connectivity index (χ0) is 15.0. The van der Waals surface area contributed by atoms with Crippen LogP contribution in [0, 0.1) is 5.92 Å². The Hall–Kier alpha value is -1.55. The van der Waals surface area contributed by atoms with Crippen molar-refractivity contribution in [2.75, 3.05) is 18.5 Å². The summed E-state index contributed by atoms with van der Waals surface area (Å²) in [5.41, 5.74) is 3.31. The smallest absolute Gasteiger partial charge is 0.112 e. The van der Waals surface area contributed by atoms with Crippen LogP contribution in [0.1, 0.15) is 39.9 Å². The van der Waals surface area contributed by atoms with Crippen LogP contribution in [0.3, 0.4) is 0 Å². The number of nitrogens with one attached hydrogen (secondary N) is 2. The Kier molecular flexibility index (Phi) is 3.66. The second kappa shape index (κ2) is 5.34. The summed E-state index contributed by atoms with van der Waals surface area (Å²) in [7, 11) is 0. The SMILES string of the molecule is CC(Nc1ccc2nc(C(C)(C)C)[nH]c2c1)C1CCOC1. The van der Waals surface area contributed by atoms with Gasteiger partial charge in [0.1, 0.15) is 5.82 Å². The molecule has 0 amide bonds. The molecule has 21 heavy (non-hydrogen) atoms. The maximum atomic E-state index is 5.47. The summed E-state index contributed by atoms with van der Waals surface area (Å²) in [6.07, 6.45) is 1.15. The molecule has 2 aromatic rings. The van der Waals surface area contributed by atoms with Crippen molar-refractivity contribution >= 4 is 16.7 Å². The highest BCUT2D eigenvalue weighted by molar-refractivity contribution is 5.79. The van der Waals surface area contributed by atoms with Gasteiger partial charge in [-0.15, -0.1) is 0 Å². The molecule has 4 nitrogen and oxygen atoms in total. The number of rotatable bonds is 3. The van der Waals surface area contributed by atoms with E-state index in [9.17, 15) is 0 Å². The maximum absolute atomic E-state index is 5.47. The first kappa shape index (κ1) is 14.4. The zero-order valence-electron chi connectivity index (χ0n) is 13.4. The molecule has 2 unspecified atom stereocenters. The van der Waals surface area contributed by atoms with E-state index < -0.39 is 0 Å². The van der Waals surface area contributed by atoms with E-state index in [1.807, 2.05) is 0 Å². The van der Waals surface area contributed by atoms with Gasteiger partial charge in [-0.3, -0.25) is 0 Å². The molecule has 1 saturated heterocycles. The van der Waals surface area contributed by atoms with E-state index in [1.165, 1.54) is 0 Å². The number of fused-ring (bicyclic) bond motifs is 1. The lowest BCUT2D eigenvalue weighted by molar-refractivity contribution is 0.183. The molecular formula is C17H25N3O. The van der Waals surface area contributed by atoms with Gasteiger partial charge in [-0.2, -0.15) is 0 Å². The number of nitrogens with zero attached hydrogens (tertiary/aromatic N) is 1. The lowest BCUT2D eigenvalue weighted by Gasteiger charge is -2.20. The molecule has 2 atom stereocenters. The Morgan fingerprint density at radius 2 is 2.19 bits per heavy atom. The molecule has 0 aliphatic carbocycles. The van der Waals surface area contributed by atoms with Gasteiger partial charge >= 0.3 is 0 Å². The maximum Gasteiger partial charge on any atom is 0.112 e. The van der Waals surface area contributed by atoms with Crippen LogP contribution in [0.4, 0.5) is 5.69 Å². The summed E-state index contributed by atoms with van der Waals surface area (Å²) in [6.45, 7) is 10.5. The molecule has 1 aliphatic rings. The number of aromatic nitrogens is 2. The summed E-state index contributed by atoms with van der Waals surface area (Å²) in [4.78, 5) is 8.12. The minimum atomic E-state index is 0.0427. The molecule has 1 aromatic carbocycles. The second-order valence-electron chi connectivity index (χ2n) is 7.12. The van der Waals surface area contributed by atoms with Gasteiger partial charge in [0.15, 0.2) is 0 Å². The number of imidazole rings is 1. The van der Waals surface area contributed by atoms with E-state index in [-0.39, 0.29) is 5.41 Å². The minimum Gasteiger partial charge on any atom is -0.382 e. The molecule has 4 heteroatoms. The highest BCUT2D eigenvalue weighted by atomic mass is 16.5. The third kappa shape index (κ3) is 3.05. The fourth-order valence-corrected chi connectivity index (χ4v) is 2.78. The number of hydrogen-bond donors (Lipinski definition) is 2. The zero-order valence-corrected chi connectivity index (χ0v) is 13.4. The molecule has 1 fully saturated rings. The van der Waals surface area contributed by atoms with Gasteiger partial charge in [0.05, 0.1) is 17.6 Å². The van der Waals surface area contributed by atoms with Gasteiger partial charge in [0.25, 0.3) is 0 Å². The molecule has 0 bridgehead atoms. The Bertz CT molecular complexity index is 620. The molecule has 0 saturated carbocycles. The Morgan fingerprint density at radius 3 is 2.86 bits per heavy atom. The van der Waals surface area contributed by atoms with Crippen LogP contribution in [0.25, 0.3) is 11.0 Å². The lowest BCUT2D eigenvalue weighted by Crippen LogP contribution is -2.26. The molecular weight excluding hydrogens is 262 g/mol. The molecule has 114 valence electrons. The van der Waals surface area contributed by atoms with Crippen molar-refractivity contribution in [1.82, 2.24) is 9.97 Å². The predicted octanol–water partition coefficient (Wildman–Crippen LogP) is 3.70. The first-order chi connectivity index (χ1) is 9.93. The van der Waals surface area contributed by atoms with Crippen LogP contribution in [0.5, 0.6) is 0 Å². The third-order valence-electron chi connectivity index (χ3n) is 4.26. The van der Waals surface area contributed by atoms with Gasteiger partial charge in [0.2, 0.25) is 0 Å². The second-order valence-corrected chi connectivity index (χ2v) is 7.12. The Balaban J connectivity index is 1.80. The van der Waals surface area contributed by atoms with Crippen LogP contribution in [0.15, 0.2) is 18.2 Å². The van der Waals surface area contributed by atoms with Gasteiger partial charge in [-0.25, -0.2) is 4.98 Å². The van der Waals surface area contributed by atoms with Crippen molar-refractivity contribution in [2.24, 2.45) is 5.92 Å². The van der Waals surface area contributed by atoms with E-state index in [1.54, 1.807) is 0 Å². The fraction of sp³-hybridized carbons (Fsp3) is 0.588. The minimum absolute atomic E-state index is 0.0427. The third-order valence-corrected chi connectivity index (χ3v) is 4.26. The van der Waals surface area contributed by atoms with Crippen molar-refractivity contribution in [3.63, 3.8) is 0 Å². The van der Waals surface area contributed by atoms with Crippen LogP contribution in [-0.4, -0.2) is 29.2 Å². The summed E-state index contributed by atoms with van der Waals surface area (Å²) < 4.78 is 5.47. The van der Waals surface area contributed by atoms with Crippen molar-refractivity contribution in [2.45, 2.75) is 45.6 Å². The molecule has 1 aromatic heterocycles. The van der Waals surface area contributed by atoms with Crippen LogP contribution >= 0.6 is 0 Å². The molecule has 3 rings (SSSR count). The molecule has 1 aliphatic heterocycles. The number of anilines is 1. The fourth-order valence-electron chi connectivity index (χ4n) is 2.78. The van der Waals surface area contributed by atoms with E-state index in [2.05, 4.69) is 61.2 Å². The largest absolute Gasteiger partial charge is 0.382 e. The van der Waals surface area contributed by atoms with Crippen molar-refractivity contribution < 1.29 is 4.74 Å². The first-order valence-corrected chi connectivity index (χ1v) is 7.78. The molecule has 0 radical (unpaired) electrons. The van der Waals surface area contributed by atoms with Crippen molar-refractivity contribution in [3.8, 4) is 0 Å². The van der Waals surface area contributed by atoms with Gasteiger partial charge in [0, 0.05) is 29.7 Å². The van der Waals surface area contributed by atoms with E-state index in [0.29, 0.717) is 12.0 Å². The highest BCUT2D eigenvalue weighted by Gasteiger charge is 2.22. The summed E-state index contributed by atoms with van der Waals surface area (Å²) in [5, 5.41) is 3.60. The van der Waals surface area contributed by atoms with Crippen LogP contribution in [0.2, 0.25) is 0 Å². The molecule has 2 N–H and O–H groups in total. The first-order valence-electron chi connectivity index (χ1n) is 7.78. The van der Waals surface area contributed by atoms with Crippen LogP contribution in [-0.2, 0) is 10.2 Å². The van der Waals surface area contributed by atoms with E-state index in [0.717, 1.165) is 42.2 Å². The van der Waals surface area contributed by atoms with Gasteiger partial charge in [-0.1, -0.05) is 20.8 Å². The van der Waals surface area contributed by atoms with Crippen molar-refractivity contribution in [3.05, 3.63) is 24.0 Å². The average molecular weight is 287 g/mol. The van der Waals surface area contributed by atoms with Crippen molar-refractivity contribution in [1.29, 1.82) is 0 Å². The summed E-state index contributed by atoms with van der Waals surface area (Å²) in [6, 6.07) is 6.78. The standard InChI is InChI=1S/C17H25N3O/c1-11(12-7-8-21-10-12)18-13-5-6-14-15(9-13)20-16(19-14)17(2,3)4/h5-6,9,11-12,18H,7-8,10H2,1-4H3,(H,19,20). The lowest BCUT2D eigenvalue weighted by atomic mass is 9.96. The number of H-pyrrole nitrogens is 1. The predicted molar refractivity (Wildman–Crippen MR) is 86.8 cm³/mol. The molecule has 2 heterocycles. The van der Waals surface area contributed by atoms with E-state index in [4.69, 9.17) is 4.74 Å². The van der Waals surface area contributed by atoms with Crippen LogP contribution < -0.4 is 5.32 Å². The summed E-state index contributed by atoms with van der Waals surface area (Å²) >= 11 is 0. The van der Waals surface area contributed by atoms with Gasteiger partial charge < -0.3 is 15.0 Å². The number of benzene rings is 1. The van der Waals surface area contributed by atoms with Gasteiger partial charge in [-0.05, 0) is 31.5 Å². The topological polar surface area (TPSA) is 49.9 Å². The molecule has 0 spiro atoms. The number of hydrogen-bond acceptors (Lipinski definition) is 3. The monoisotopic (exact) mass is 287 g/mol. The normalized spacial score (nSPS) is 20.9. The van der Waals surface area contributed by atoms with E-state index >= 15 is 0 Å². The summed E-state index contributed by atoms with van der Waals surface area (Å²) in [5.74, 6) is 1.64.